The first-order valence-electron chi connectivity index (χ1n) is 7.77. The van der Waals surface area contributed by atoms with Gasteiger partial charge in [0.25, 0.3) is 0 Å². The van der Waals surface area contributed by atoms with Gasteiger partial charge in [-0.15, -0.1) is 0 Å². The fourth-order valence-electron chi connectivity index (χ4n) is 2.93. The average Bonchev–Trinajstić information content (AvgIpc) is 2.60. The first-order valence-corrected chi connectivity index (χ1v) is 8.15. The van der Waals surface area contributed by atoms with Crippen molar-refractivity contribution < 1.29 is 15.0 Å². The van der Waals surface area contributed by atoms with Crippen LogP contribution in [0.15, 0.2) is 48.5 Å². The van der Waals surface area contributed by atoms with Crippen molar-refractivity contribution in [3.8, 4) is 11.1 Å². The smallest absolute Gasteiger partial charge is 0.355 e. The molecule has 0 atom stereocenters. The Hall–Kier alpha value is -2.63. The van der Waals surface area contributed by atoms with Crippen LogP contribution in [0.5, 0.6) is 0 Å². The Labute approximate surface area is 150 Å². The Bertz CT molecular complexity index is 943. The summed E-state index contributed by atoms with van der Waals surface area (Å²) in [5, 5.41) is 20.4. The van der Waals surface area contributed by atoms with Gasteiger partial charge in [0.05, 0.1) is 17.8 Å². The van der Waals surface area contributed by atoms with Crippen molar-refractivity contribution in [3.63, 3.8) is 0 Å². The lowest BCUT2D eigenvalue weighted by Gasteiger charge is -2.25. The molecular formula is C19H17ClN2O3. The molecule has 0 saturated heterocycles. The van der Waals surface area contributed by atoms with Gasteiger partial charge in [0.15, 0.2) is 5.69 Å². The number of likely N-dealkylation sites (N-methyl/N-ethyl adjacent to an activating group) is 1. The van der Waals surface area contributed by atoms with Crippen LogP contribution in [0.25, 0.3) is 22.0 Å². The van der Waals surface area contributed by atoms with Gasteiger partial charge in [0, 0.05) is 35.1 Å². The van der Waals surface area contributed by atoms with E-state index in [1.165, 1.54) is 0 Å². The number of carbonyl (C=O) groups is 1. The molecule has 0 fully saturated rings. The molecule has 2 aromatic carbocycles. The second kappa shape index (κ2) is 7.09. The minimum atomic E-state index is -1.13. The van der Waals surface area contributed by atoms with Crippen LogP contribution < -0.4 is 4.90 Å². The van der Waals surface area contributed by atoms with E-state index in [4.69, 9.17) is 11.6 Å². The molecule has 0 aliphatic carbocycles. The van der Waals surface area contributed by atoms with Crippen LogP contribution in [-0.2, 0) is 0 Å². The van der Waals surface area contributed by atoms with Gasteiger partial charge in [0.2, 0.25) is 0 Å². The predicted molar refractivity (Wildman–Crippen MR) is 99.5 cm³/mol. The minimum Gasteiger partial charge on any atom is -0.476 e. The number of halogens is 1. The van der Waals surface area contributed by atoms with E-state index in [0.29, 0.717) is 33.9 Å². The number of anilines is 1. The molecule has 1 heterocycles. The van der Waals surface area contributed by atoms with Crippen LogP contribution in [0.2, 0.25) is 5.02 Å². The topological polar surface area (TPSA) is 73.7 Å². The Morgan fingerprint density at radius 2 is 1.84 bits per heavy atom. The quantitative estimate of drug-likeness (QED) is 0.729. The van der Waals surface area contributed by atoms with Gasteiger partial charge in [-0.25, -0.2) is 9.78 Å². The largest absolute Gasteiger partial charge is 0.476 e. The van der Waals surface area contributed by atoms with Gasteiger partial charge < -0.3 is 15.1 Å². The van der Waals surface area contributed by atoms with Crippen molar-refractivity contribution in [1.29, 1.82) is 0 Å². The highest BCUT2D eigenvalue weighted by molar-refractivity contribution is 6.34. The summed E-state index contributed by atoms with van der Waals surface area (Å²) in [5.74, 6) is -1.13. The third-order valence-electron chi connectivity index (χ3n) is 4.03. The monoisotopic (exact) mass is 356 g/mol. The molecule has 0 saturated carbocycles. The van der Waals surface area contributed by atoms with Crippen molar-refractivity contribution in [1.82, 2.24) is 4.98 Å². The van der Waals surface area contributed by atoms with Gasteiger partial charge in [-0.1, -0.05) is 48.0 Å². The zero-order valence-corrected chi connectivity index (χ0v) is 14.4. The average molecular weight is 357 g/mol. The Balaban J connectivity index is 2.47. The molecule has 0 aliphatic heterocycles. The Morgan fingerprint density at radius 1 is 1.16 bits per heavy atom. The normalized spacial score (nSPS) is 10.8. The van der Waals surface area contributed by atoms with E-state index in [0.717, 1.165) is 5.39 Å². The number of hydrogen-bond donors (Lipinski definition) is 2. The molecule has 2 N–H and O–H groups in total. The minimum absolute atomic E-state index is 0.0580. The molecule has 3 aromatic rings. The lowest BCUT2D eigenvalue weighted by Crippen LogP contribution is -2.23. The van der Waals surface area contributed by atoms with E-state index in [-0.39, 0.29) is 12.3 Å². The lowest BCUT2D eigenvalue weighted by atomic mass is 9.97. The number of aliphatic hydroxyl groups is 1. The van der Waals surface area contributed by atoms with Crippen LogP contribution in [0.3, 0.4) is 0 Å². The van der Waals surface area contributed by atoms with Gasteiger partial charge in [0.1, 0.15) is 0 Å². The lowest BCUT2D eigenvalue weighted by molar-refractivity contribution is 0.0692. The molecule has 0 bridgehead atoms. The summed E-state index contributed by atoms with van der Waals surface area (Å²) >= 11 is 6.35. The van der Waals surface area contributed by atoms with E-state index in [1.54, 1.807) is 30.3 Å². The first kappa shape index (κ1) is 17.2. The van der Waals surface area contributed by atoms with E-state index in [2.05, 4.69) is 4.98 Å². The van der Waals surface area contributed by atoms with Crippen molar-refractivity contribution in [2.24, 2.45) is 0 Å². The number of carboxylic acid groups (broad SMARTS) is 1. The maximum atomic E-state index is 11.9. The van der Waals surface area contributed by atoms with E-state index in [9.17, 15) is 15.0 Å². The molecule has 1 aromatic heterocycles. The summed E-state index contributed by atoms with van der Waals surface area (Å²) in [6.45, 7) is 0.294. The number of rotatable bonds is 5. The number of para-hydroxylation sites is 1. The molecule has 128 valence electrons. The second-order valence-corrected chi connectivity index (χ2v) is 6.04. The highest BCUT2D eigenvalue weighted by Crippen LogP contribution is 2.41. The predicted octanol–water partition coefficient (Wildman–Crippen LogP) is 3.68. The molecule has 5 nitrogen and oxygen atoms in total. The molecular weight excluding hydrogens is 340 g/mol. The van der Waals surface area contributed by atoms with E-state index in [1.807, 2.05) is 30.1 Å². The highest BCUT2D eigenvalue weighted by atomic mass is 35.5. The number of fused-ring (bicyclic) bond motifs is 1. The molecule has 25 heavy (non-hydrogen) atoms. The molecule has 0 unspecified atom stereocenters. The number of hydrogen-bond acceptors (Lipinski definition) is 4. The number of benzene rings is 2. The molecule has 3 rings (SSSR count). The van der Waals surface area contributed by atoms with Crippen molar-refractivity contribution in [2.45, 2.75) is 0 Å². The molecule has 6 heteroatoms. The summed E-state index contributed by atoms with van der Waals surface area (Å²) in [6, 6.07) is 14.4. The number of aromatic carboxylic acids is 1. The summed E-state index contributed by atoms with van der Waals surface area (Å²) in [7, 11) is 1.81. The van der Waals surface area contributed by atoms with Gasteiger partial charge in [-0.05, 0) is 12.1 Å². The first-order chi connectivity index (χ1) is 12.0. The summed E-state index contributed by atoms with van der Waals surface area (Å²) in [4.78, 5) is 18.1. The van der Waals surface area contributed by atoms with Gasteiger partial charge in [-0.2, -0.15) is 0 Å². The summed E-state index contributed by atoms with van der Waals surface area (Å²) in [6.07, 6.45) is 0. The zero-order chi connectivity index (χ0) is 18.0. The van der Waals surface area contributed by atoms with Crippen molar-refractivity contribution >= 4 is 34.2 Å². The summed E-state index contributed by atoms with van der Waals surface area (Å²) in [5.41, 5.74) is 2.25. The third-order valence-corrected chi connectivity index (χ3v) is 4.36. The second-order valence-electron chi connectivity index (χ2n) is 5.63. The van der Waals surface area contributed by atoms with Crippen LogP contribution in [0, 0.1) is 0 Å². The SMILES string of the molecule is CN(CCO)c1c(-c2ccccc2Cl)c(C(=O)O)nc2ccccc12. The van der Waals surface area contributed by atoms with Crippen LogP contribution in [-0.4, -0.2) is 41.4 Å². The fourth-order valence-corrected chi connectivity index (χ4v) is 3.16. The molecule has 0 aliphatic rings. The van der Waals surface area contributed by atoms with Crippen LogP contribution in [0.4, 0.5) is 5.69 Å². The zero-order valence-electron chi connectivity index (χ0n) is 13.6. The van der Waals surface area contributed by atoms with Gasteiger partial charge >= 0.3 is 5.97 Å². The number of pyridine rings is 1. The number of carboxylic acids is 1. The number of aromatic nitrogens is 1. The molecule has 0 radical (unpaired) electrons. The van der Waals surface area contributed by atoms with Crippen molar-refractivity contribution in [3.05, 3.63) is 59.2 Å². The van der Waals surface area contributed by atoms with Crippen LogP contribution >= 0.6 is 11.6 Å². The van der Waals surface area contributed by atoms with E-state index < -0.39 is 5.97 Å². The summed E-state index contributed by atoms with van der Waals surface area (Å²) < 4.78 is 0. The fraction of sp³-hybridized carbons (Fsp3) is 0.158. The Kier molecular flexibility index (Phi) is 4.88. The number of aliphatic hydroxyl groups excluding tert-OH is 1. The van der Waals surface area contributed by atoms with E-state index >= 15 is 0 Å². The third kappa shape index (κ3) is 3.16. The van der Waals surface area contributed by atoms with Gasteiger partial charge in [-0.3, -0.25) is 0 Å². The number of nitrogens with zero attached hydrogens (tertiary/aromatic N) is 2. The maximum Gasteiger partial charge on any atom is 0.355 e. The standard InChI is InChI=1S/C19H17ClN2O3/c1-22(10-11-23)18-13-7-3-5-9-15(13)21-17(19(24)25)16(18)12-6-2-4-8-14(12)20/h2-9,23H,10-11H2,1H3,(H,24,25). The Morgan fingerprint density at radius 3 is 2.52 bits per heavy atom. The maximum absolute atomic E-state index is 11.9. The molecule has 0 amide bonds. The highest BCUT2D eigenvalue weighted by Gasteiger charge is 2.24. The molecule has 0 spiro atoms. The van der Waals surface area contributed by atoms with Crippen molar-refractivity contribution in [2.75, 3.05) is 25.1 Å². The van der Waals surface area contributed by atoms with Crippen LogP contribution in [0.1, 0.15) is 10.5 Å².